The Balaban J connectivity index is 3.05. The third-order valence-electron chi connectivity index (χ3n) is 3.30. The first-order valence-corrected chi connectivity index (χ1v) is 10.5. The zero-order chi connectivity index (χ0) is 21.4. The molecule has 0 bridgehead atoms. The molecule has 1 atom stereocenters. The molecule has 0 fully saturated rings. The molecule has 10 heteroatoms. The largest absolute Gasteiger partial charge is 0.467 e. The molecule has 9 nitrogen and oxygen atoms in total. The van der Waals surface area contributed by atoms with E-state index >= 15 is 0 Å². The highest BCUT2D eigenvalue weighted by atomic mass is 31.2. The van der Waals surface area contributed by atoms with Gasteiger partial charge in [0.25, 0.3) is 0 Å². The number of ether oxygens (including phenoxy) is 2. The van der Waals surface area contributed by atoms with Crippen LogP contribution in [0.15, 0.2) is 18.3 Å². The van der Waals surface area contributed by atoms with Crippen molar-refractivity contribution in [1.29, 1.82) is 0 Å². The molecule has 158 valence electrons. The molecule has 0 aliphatic heterocycles. The van der Waals surface area contributed by atoms with Crippen LogP contribution in [0.1, 0.15) is 40.3 Å². The summed E-state index contributed by atoms with van der Waals surface area (Å²) >= 11 is 0. The highest BCUT2D eigenvalue weighted by molar-refractivity contribution is 7.62. The van der Waals surface area contributed by atoms with Crippen LogP contribution in [0.3, 0.4) is 0 Å². The van der Waals surface area contributed by atoms with Gasteiger partial charge in [-0.25, -0.2) is 9.59 Å². The number of amides is 1. The van der Waals surface area contributed by atoms with Gasteiger partial charge in [0.1, 0.15) is 11.6 Å². The molecule has 28 heavy (non-hydrogen) atoms. The zero-order valence-corrected chi connectivity index (χ0v) is 18.1. The fourth-order valence-corrected chi connectivity index (χ4v) is 3.88. The van der Waals surface area contributed by atoms with E-state index in [1.165, 1.54) is 25.4 Å². The quantitative estimate of drug-likeness (QED) is 0.483. The number of aromatic nitrogens is 1. The molecule has 0 radical (unpaired) electrons. The van der Waals surface area contributed by atoms with Crippen molar-refractivity contribution in [3.8, 4) is 0 Å². The summed E-state index contributed by atoms with van der Waals surface area (Å²) in [4.78, 5) is 28.3. The first-order chi connectivity index (χ1) is 13.0. The minimum atomic E-state index is -3.50. The van der Waals surface area contributed by atoms with Crippen LogP contribution in [0, 0.1) is 0 Å². The standard InChI is InChI=1S/C18H29N2O7P/c1-7-25-28(23,26-8-2)14-9-10-19-13(11-14)12-15(16(21)24-6)20-17(22)27-18(3,4)5/h9-11,15H,7-8,12H2,1-6H3,(H,20,22)/t15-/m0/s1. The molecule has 1 aromatic heterocycles. The normalized spacial score (nSPS) is 12.9. The number of rotatable bonds is 9. The van der Waals surface area contributed by atoms with Crippen molar-refractivity contribution >= 4 is 25.0 Å². The molecule has 1 amide bonds. The highest BCUT2D eigenvalue weighted by Crippen LogP contribution is 2.46. The third-order valence-corrected chi connectivity index (χ3v) is 5.41. The number of carbonyl (C=O) groups is 2. The Morgan fingerprint density at radius 2 is 1.82 bits per heavy atom. The number of nitrogens with one attached hydrogen (secondary N) is 1. The Morgan fingerprint density at radius 1 is 1.21 bits per heavy atom. The SMILES string of the molecule is CCOP(=O)(OCC)c1ccnc(C[C@H](NC(=O)OC(C)(C)C)C(=O)OC)c1. The lowest BCUT2D eigenvalue weighted by atomic mass is 10.1. The number of alkyl carbamates (subject to hydrolysis) is 1. The third kappa shape index (κ3) is 7.58. The second kappa shape index (κ2) is 10.5. The van der Waals surface area contributed by atoms with Crippen molar-refractivity contribution in [1.82, 2.24) is 10.3 Å². The fourth-order valence-electron chi connectivity index (χ4n) is 2.27. The van der Waals surface area contributed by atoms with Crippen LogP contribution in [0.5, 0.6) is 0 Å². The molecule has 0 aliphatic carbocycles. The molecular weight excluding hydrogens is 387 g/mol. The minimum absolute atomic E-state index is 0.0119. The molecule has 1 aromatic rings. The lowest BCUT2D eigenvalue weighted by Crippen LogP contribution is -2.45. The molecule has 1 heterocycles. The molecule has 0 unspecified atom stereocenters. The predicted octanol–water partition coefficient (Wildman–Crippen LogP) is 2.58. The molecule has 1 rings (SSSR count). The molecule has 0 aliphatic rings. The lowest BCUT2D eigenvalue weighted by Gasteiger charge is -2.22. The second-order valence-corrected chi connectivity index (χ2v) is 8.79. The van der Waals surface area contributed by atoms with Gasteiger partial charge in [0, 0.05) is 18.3 Å². The Morgan fingerprint density at radius 3 is 2.32 bits per heavy atom. The smallest absolute Gasteiger partial charge is 0.408 e. The average molecular weight is 416 g/mol. The van der Waals surface area contributed by atoms with Gasteiger partial charge < -0.3 is 23.8 Å². The predicted molar refractivity (Wildman–Crippen MR) is 104 cm³/mol. The Bertz CT molecular complexity index is 708. The topological polar surface area (TPSA) is 113 Å². The van der Waals surface area contributed by atoms with Crippen LogP contribution in [0.25, 0.3) is 0 Å². The zero-order valence-electron chi connectivity index (χ0n) is 17.2. The summed E-state index contributed by atoms with van der Waals surface area (Å²) in [5.74, 6) is -0.657. The van der Waals surface area contributed by atoms with Crippen molar-refractivity contribution in [2.24, 2.45) is 0 Å². The van der Waals surface area contributed by atoms with Gasteiger partial charge in [-0.2, -0.15) is 0 Å². The van der Waals surface area contributed by atoms with Crippen molar-refractivity contribution in [3.05, 3.63) is 24.0 Å². The average Bonchev–Trinajstić information content (AvgIpc) is 2.59. The number of hydrogen-bond acceptors (Lipinski definition) is 8. The summed E-state index contributed by atoms with van der Waals surface area (Å²) in [6.07, 6.45) is 0.697. The second-order valence-electron chi connectivity index (χ2n) is 6.76. The van der Waals surface area contributed by atoms with Crippen LogP contribution < -0.4 is 10.6 Å². The van der Waals surface area contributed by atoms with Gasteiger partial charge >= 0.3 is 19.7 Å². The number of methoxy groups -OCH3 is 1. The minimum Gasteiger partial charge on any atom is -0.467 e. The molecule has 0 aromatic carbocycles. The van der Waals surface area contributed by atoms with Crippen molar-refractivity contribution in [3.63, 3.8) is 0 Å². The molecule has 0 saturated carbocycles. The molecule has 0 spiro atoms. The maximum absolute atomic E-state index is 12.9. The van der Waals surface area contributed by atoms with Crippen molar-refractivity contribution in [2.75, 3.05) is 20.3 Å². The Hall–Kier alpha value is -1.96. The van der Waals surface area contributed by atoms with Crippen LogP contribution in [-0.4, -0.2) is 49.0 Å². The van der Waals surface area contributed by atoms with E-state index in [1.54, 1.807) is 34.6 Å². The number of esters is 1. The van der Waals surface area contributed by atoms with E-state index in [1.807, 2.05) is 0 Å². The van der Waals surface area contributed by atoms with E-state index in [-0.39, 0.29) is 19.6 Å². The summed E-state index contributed by atoms with van der Waals surface area (Å²) < 4.78 is 33.5. The molecular formula is C18H29N2O7P. The Labute approximate surface area is 165 Å². The van der Waals surface area contributed by atoms with Gasteiger partial charge in [-0.1, -0.05) is 0 Å². The Kier molecular flexibility index (Phi) is 9.07. The van der Waals surface area contributed by atoms with Crippen LogP contribution in [-0.2, 0) is 34.3 Å². The van der Waals surface area contributed by atoms with Crippen LogP contribution in [0.2, 0.25) is 0 Å². The first kappa shape index (κ1) is 24.1. The van der Waals surface area contributed by atoms with Crippen molar-refractivity contribution in [2.45, 2.75) is 52.7 Å². The van der Waals surface area contributed by atoms with E-state index in [9.17, 15) is 14.2 Å². The van der Waals surface area contributed by atoms with E-state index in [0.29, 0.717) is 11.0 Å². The van der Waals surface area contributed by atoms with Crippen LogP contribution in [0.4, 0.5) is 4.79 Å². The maximum Gasteiger partial charge on any atom is 0.408 e. The van der Waals surface area contributed by atoms with Gasteiger partial charge in [0.2, 0.25) is 0 Å². The van der Waals surface area contributed by atoms with Gasteiger partial charge in [-0.05, 0) is 46.8 Å². The van der Waals surface area contributed by atoms with Crippen LogP contribution >= 0.6 is 7.60 Å². The van der Waals surface area contributed by atoms with Gasteiger partial charge in [-0.15, -0.1) is 0 Å². The van der Waals surface area contributed by atoms with E-state index in [4.69, 9.17) is 18.5 Å². The highest BCUT2D eigenvalue weighted by Gasteiger charge is 2.29. The summed E-state index contributed by atoms with van der Waals surface area (Å²) in [6.45, 7) is 8.98. The summed E-state index contributed by atoms with van der Waals surface area (Å²) in [5, 5.41) is 2.80. The van der Waals surface area contributed by atoms with E-state index in [0.717, 1.165) is 0 Å². The van der Waals surface area contributed by atoms with E-state index in [2.05, 4.69) is 10.3 Å². The molecule has 1 N–H and O–H groups in total. The summed E-state index contributed by atoms with van der Waals surface area (Å²) in [6, 6.07) is 2.03. The van der Waals surface area contributed by atoms with Gasteiger partial charge in [0.15, 0.2) is 0 Å². The molecule has 0 saturated heterocycles. The number of pyridine rings is 1. The number of carbonyl (C=O) groups excluding carboxylic acids is 2. The summed E-state index contributed by atoms with van der Waals surface area (Å²) in [7, 11) is -2.28. The van der Waals surface area contributed by atoms with Gasteiger partial charge in [-0.3, -0.25) is 9.55 Å². The van der Waals surface area contributed by atoms with E-state index < -0.39 is 31.3 Å². The van der Waals surface area contributed by atoms with Gasteiger partial charge in [0.05, 0.1) is 25.6 Å². The monoisotopic (exact) mass is 416 g/mol. The number of nitrogens with zero attached hydrogens (tertiary/aromatic N) is 1. The van der Waals surface area contributed by atoms with Crippen molar-refractivity contribution < 1.29 is 32.7 Å². The fraction of sp³-hybridized carbons (Fsp3) is 0.611. The number of hydrogen-bond donors (Lipinski definition) is 1. The lowest BCUT2D eigenvalue weighted by molar-refractivity contribution is -0.143. The maximum atomic E-state index is 12.9. The summed E-state index contributed by atoms with van der Waals surface area (Å²) in [5.41, 5.74) is -0.312. The first-order valence-electron chi connectivity index (χ1n) is 8.96.